The number of thioether (sulfide) groups is 1. The van der Waals surface area contributed by atoms with Crippen LogP contribution in [0, 0.1) is 13.8 Å². The van der Waals surface area contributed by atoms with E-state index in [9.17, 15) is 14.4 Å². The van der Waals surface area contributed by atoms with Gasteiger partial charge in [0.05, 0.1) is 23.4 Å². The molecule has 1 aromatic carbocycles. The number of aryl methyl sites for hydroxylation is 2. The van der Waals surface area contributed by atoms with E-state index in [0.717, 1.165) is 16.1 Å². The van der Waals surface area contributed by atoms with E-state index in [-0.39, 0.29) is 29.5 Å². The zero-order valence-electron chi connectivity index (χ0n) is 19.1. The van der Waals surface area contributed by atoms with E-state index in [1.807, 2.05) is 32.0 Å². The summed E-state index contributed by atoms with van der Waals surface area (Å²) in [5, 5.41) is 3.88. The highest BCUT2D eigenvalue weighted by Gasteiger charge is 2.18. The predicted molar refractivity (Wildman–Crippen MR) is 137 cm³/mol. The molecular weight excluding hydrogens is 468 g/mol. The van der Waals surface area contributed by atoms with Crippen molar-refractivity contribution in [1.29, 1.82) is 0 Å². The van der Waals surface area contributed by atoms with Crippen molar-refractivity contribution in [2.45, 2.75) is 38.9 Å². The van der Waals surface area contributed by atoms with Gasteiger partial charge in [-0.3, -0.25) is 23.9 Å². The van der Waals surface area contributed by atoms with Gasteiger partial charge in [0.1, 0.15) is 4.83 Å². The van der Waals surface area contributed by atoms with Crippen molar-refractivity contribution in [3.8, 4) is 0 Å². The number of nitrogens with zero attached hydrogens (tertiary/aromatic N) is 3. The fraction of sp³-hybridized carbons (Fsp3) is 0.240. The second-order valence-electron chi connectivity index (χ2n) is 7.76. The van der Waals surface area contributed by atoms with Crippen LogP contribution in [0.4, 0.5) is 5.69 Å². The lowest BCUT2D eigenvalue weighted by molar-refractivity contribution is -0.115. The van der Waals surface area contributed by atoms with Crippen LogP contribution in [0.15, 0.2) is 58.6 Å². The van der Waals surface area contributed by atoms with Crippen LogP contribution >= 0.6 is 23.1 Å². The van der Waals surface area contributed by atoms with Gasteiger partial charge in [-0.25, -0.2) is 4.98 Å². The van der Waals surface area contributed by atoms with Crippen LogP contribution in [0.25, 0.3) is 10.2 Å². The topological polar surface area (TPSA) is 94.0 Å². The molecule has 1 amide bonds. The molecule has 3 aromatic heterocycles. The summed E-state index contributed by atoms with van der Waals surface area (Å²) in [6, 6.07) is 12.4. The molecule has 0 saturated heterocycles. The molecule has 0 aliphatic rings. The molecule has 0 aliphatic heterocycles. The van der Waals surface area contributed by atoms with Gasteiger partial charge in [-0.1, -0.05) is 24.8 Å². The molecule has 9 heteroatoms. The second kappa shape index (κ2) is 10.3. The van der Waals surface area contributed by atoms with Gasteiger partial charge in [0.25, 0.3) is 5.56 Å². The van der Waals surface area contributed by atoms with E-state index in [4.69, 9.17) is 4.98 Å². The SMILES string of the molecule is CCC(=O)Nc1ccc(C(=O)CSc2nc3sc(C)c(C)c3c(=O)n2Cc2ccccn2)cc1. The number of benzene rings is 1. The first-order chi connectivity index (χ1) is 16.4. The smallest absolute Gasteiger partial charge is 0.263 e. The Kier molecular flexibility index (Phi) is 7.23. The molecule has 0 atom stereocenters. The first kappa shape index (κ1) is 23.8. The number of hydrogen-bond donors (Lipinski definition) is 1. The van der Waals surface area contributed by atoms with Crippen LogP contribution in [0.5, 0.6) is 0 Å². The Morgan fingerprint density at radius 2 is 1.88 bits per heavy atom. The molecule has 4 aromatic rings. The number of ketones is 1. The number of Topliss-reactive ketones (excluding diaryl/α,β-unsaturated/α-hetero) is 1. The molecule has 0 bridgehead atoms. The fourth-order valence-electron chi connectivity index (χ4n) is 3.41. The Labute approximate surface area is 205 Å². The zero-order valence-corrected chi connectivity index (χ0v) is 20.8. The number of hydrogen-bond acceptors (Lipinski definition) is 7. The van der Waals surface area contributed by atoms with Gasteiger partial charge < -0.3 is 5.32 Å². The van der Waals surface area contributed by atoms with Crippen molar-refractivity contribution in [1.82, 2.24) is 14.5 Å². The third kappa shape index (κ3) is 5.10. The van der Waals surface area contributed by atoms with Crippen LogP contribution in [0.3, 0.4) is 0 Å². The van der Waals surface area contributed by atoms with Crippen LogP contribution in [0.2, 0.25) is 0 Å². The lowest BCUT2D eigenvalue weighted by Crippen LogP contribution is -2.24. The Morgan fingerprint density at radius 3 is 2.56 bits per heavy atom. The summed E-state index contributed by atoms with van der Waals surface area (Å²) in [6.45, 7) is 5.97. The Balaban J connectivity index is 1.60. The maximum Gasteiger partial charge on any atom is 0.263 e. The average molecular weight is 493 g/mol. The number of amides is 1. The highest BCUT2D eigenvalue weighted by molar-refractivity contribution is 7.99. The van der Waals surface area contributed by atoms with Crippen LogP contribution in [-0.2, 0) is 11.3 Å². The summed E-state index contributed by atoms with van der Waals surface area (Å²) < 4.78 is 1.60. The van der Waals surface area contributed by atoms with Gasteiger partial charge in [0.2, 0.25) is 5.91 Å². The first-order valence-electron chi connectivity index (χ1n) is 10.8. The Hall–Kier alpha value is -3.30. The van der Waals surface area contributed by atoms with Gasteiger partial charge in [-0.2, -0.15) is 0 Å². The van der Waals surface area contributed by atoms with E-state index in [1.165, 1.54) is 23.1 Å². The van der Waals surface area contributed by atoms with Gasteiger partial charge in [0, 0.05) is 28.7 Å². The number of nitrogens with one attached hydrogen (secondary N) is 1. The summed E-state index contributed by atoms with van der Waals surface area (Å²) in [6.07, 6.45) is 2.08. The minimum absolute atomic E-state index is 0.0824. The second-order valence-corrected chi connectivity index (χ2v) is 9.91. The summed E-state index contributed by atoms with van der Waals surface area (Å²) in [5.41, 5.74) is 2.74. The lowest BCUT2D eigenvalue weighted by Gasteiger charge is -2.12. The monoisotopic (exact) mass is 492 g/mol. The van der Waals surface area contributed by atoms with Crippen molar-refractivity contribution in [3.63, 3.8) is 0 Å². The van der Waals surface area contributed by atoms with E-state index < -0.39 is 0 Å². The highest BCUT2D eigenvalue weighted by Crippen LogP contribution is 2.29. The first-order valence-corrected chi connectivity index (χ1v) is 12.6. The third-order valence-electron chi connectivity index (χ3n) is 5.44. The molecule has 1 N–H and O–H groups in total. The van der Waals surface area contributed by atoms with E-state index in [2.05, 4.69) is 10.3 Å². The van der Waals surface area contributed by atoms with E-state index in [1.54, 1.807) is 42.0 Å². The molecule has 0 aliphatic carbocycles. The summed E-state index contributed by atoms with van der Waals surface area (Å²) in [4.78, 5) is 48.7. The van der Waals surface area contributed by atoms with Gasteiger partial charge in [0.15, 0.2) is 10.9 Å². The van der Waals surface area contributed by atoms with Gasteiger partial charge in [-0.15, -0.1) is 11.3 Å². The quantitative estimate of drug-likeness (QED) is 0.215. The molecule has 7 nitrogen and oxygen atoms in total. The zero-order chi connectivity index (χ0) is 24.2. The number of pyridine rings is 1. The fourth-order valence-corrected chi connectivity index (χ4v) is 5.38. The summed E-state index contributed by atoms with van der Waals surface area (Å²) in [7, 11) is 0. The molecule has 0 unspecified atom stereocenters. The van der Waals surface area contributed by atoms with Crippen molar-refractivity contribution in [2.75, 3.05) is 11.1 Å². The predicted octanol–water partition coefficient (Wildman–Crippen LogP) is 4.84. The van der Waals surface area contributed by atoms with Crippen molar-refractivity contribution < 1.29 is 9.59 Å². The van der Waals surface area contributed by atoms with Crippen LogP contribution < -0.4 is 10.9 Å². The molecular formula is C25H24N4O3S2. The number of carbonyl (C=O) groups excluding carboxylic acids is 2. The van der Waals surface area contributed by atoms with Crippen molar-refractivity contribution >= 4 is 50.7 Å². The Bertz CT molecular complexity index is 1410. The minimum Gasteiger partial charge on any atom is -0.326 e. The molecule has 3 heterocycles. The van der Waals surface area contributed by atoms with E-state index >= 15 is 0 Å². The number of fused-ring (bicyclic) bond motifs is 1. The molecule has 4 rings (SSSR count). The average Bonchev–Trinajstić information content (AvgIpc) is 3.13. The largest absolute Gasteiger partial charge is 0.326 e. The van der Waals surface area contributed by atoms with Crippen molar-refractivity contribution in [3.05, 3.63) is 80.7 Å². The molecule has 0 saturated carbocycles. The minimum atomic E-state index is -0.122. The standard InChI is InChI=1S/C25H24N4O3S2/c1-4-21(31)27-18-10-8-17(9-11-18)20(30)14-33-25-28-23-22(15(2)16(3)34-23)24(32)29(25)13-19-7-5-6-12-26-19/h5-12H,4,13-14H2,1-3H3,(H,27,31). The number of anilines is 1. The molecule has 0 spiro atoms. The molecule has 0 radical (unpaired) electrons. The lowest BCUT2D eigenvalue weighted by atomic mass is 10.1. The van der Waals surface area contributed by atoms with Crippen LogP contribution in [-0.4, -0.2) is 32.0 Å². The maximum absolute atomic E-state index is 13.4. The number of aromatic nitrogens is 3. The van der Waals surface area contributed by atoms with Gasteiger partial charge >= 0.3 is 0 Å². The summed E-state index contributed by atoms with van der Waals surface area (Å²) in [5.74, 6) is -0.0406. The molecule has 34 heavy (non-hydrogen) atoms. The number of rotatable bonds is 8. The van der Waals surface area contributed by atoms with Gasteiger partial charge in [-0.05, 0) is 55.8 Å². The molecule has 174 valence electrons. The highest BCUT2D eigenvalue weighted by atomic mass is 32.2. The third-order valence-corrected chi connectivity index (χ3v) is 7.52. The molecule has 0 fully saturated rings. The maximum atomic E-state index is 13.4. The van der Waals surface area contributed by atoms with Crippen molar-refractivity contribution in [2.24, 2.45) is 0 Å². The van der Waals surface area contributed by atoms with E-state index in [0.29, 0.717) is 33.0 Å². The Morgan fingerprint density at radius 1 is 1.12 bits per heavy atom. The summed E-state index contributed by atoms with van der Waals surface area (Å²) >= 11 is 2.73. The normalized spacial score (nSPS) is 11.0. The number of carbonyl (C=O) groups is 2. The van der Waals surface area contributed by atoms with Crippen LogP contribution in [0.1, 0.15) is 39.8 Å². The number of thiophene rings is 1.